The summed E-state index contributed by atoms with van der Waals surface area (Å²) in [4.78, 5) is 0. The number of likely N-dealkylation sites (N-methyl/N-ethyl adjacent to an activating group) is 1. The lowest BCUT2D eigenvalue weighted by molar-refractivity contribution is 0.434. The van der Waals surface area contributed by atoms with Gasteiger partial charge in [-0.2, -0.15) is 0 Å². The van der Waals surface area contributed by atoms with Crippen molar-refractivity contribution in [3.05, 3.63) is 35.9 Å². The fraction of sp³-hybridized carbons (Fsp3) is 0.500. The van der Waals surface area contributed by atoms with E-state index >= 15 is 0 Å². The van der Waals surface area contributed by atoms with E-state index in [1.165, 1.54) is 5.56 Å². The molecule has 0 aromatic heterocycles. The fourth-order valence-corrected chi connectivity index (χ4v) is 1.66. The average molecular weight is 177 g/mol. The summed E-state index contributed by atoms with van der Waals surface area (Å²) in [5, 5.41) is 3.26. The van der Waals surface area contributed by atoms with Crippen LogP contribution in [0, 0.1) is 0 Å². The van der Waals surface area contributed by atoms with Crippen LogP contribution in [0.5, 0.6) is 0 Å². The standard InChI is InChI=1S/C12H19N/c1-4-12(2,10-13-3)11-8-6-5-7-9-11/h5-9,13H,4,10H2,1-3H3. The Kier molecular flexibility index (Phi) is 3.49. The molecular formula is C12H19N. The molecule has 1 atom stereocenters. The zero-order chi connectivity index (χ0) is 9.73. The Labute approximate surface area is 81.2 Å². The van der Waals surface area contributed by atoms with E-state index in [0.29, 0.717) is 0 Å². The van der Waals surface area contributed by atoms with E-state index < -0.39 is 0 Å². The van der Waals surface area contributed by atoms with E-state index in [1.54, 1.807) is 0 Å². The molecule has 13 heavy (non-hydrogen) atoms. The molecule has 72 valence electrons. The molecule has 0 aliphatic carbocycles. The molecule has 0 heterocycles. The summed E-state index contributed by atoms with van der Waals surface area (Å²) in [6.45, 7) is 5.58. The molecule has 1 nitrogen and oxygen atoms in total. The molecule has 1 aromatic carbocycles. The van der Waals surface area contributed by atoms with E-state index in [4.69, 9.17) is 0 Å². The molecular weight excluding hydrogens is 158 g/mol. The monoisotopic (exact) mass is 177 g/mol. The van der Waals surface area contributed by atoms with Crippen molar-refractivity contribution in [2.24, 2.45) is 0 Å². The molecule has 0 aliphatic heterocycles. The number of hydrogen-bond donors (Lipinski definition) is 1. The van der Waals surface area contributed by atoms with Crippen LogP contribution in [0.4, 0.5) is 0 Å². The summed E-state index contributed by atoms with van der Waals surface area (Å²) in [6.07, 6.45) is 1.16. The van der Waals surface area contributed by atoms with Crippen molar-refractivity contribution in [1.82, 2.24) is 5.32 Å². The first-order valence-corrected chi connectivity index (χ1v) is 4.93. The van der Waals surface area contributed by atoms with Crippen LogP contribution in [0.1, 0.15) is 25.8 Å². The van der Waals surface area contributed by atoms with E-state index in [9.17, 15) is 0 Å². The SMILES string of the molecule is CCC(C)(CNC)c1ccccc1. The highest BCUT2D eigenvalue weighted by atomic mass is 14.8. The van der Waals surface area contributed by atoms with E-state index in [2.05, 4.69) is 49.5 Å². The highest BCUT2D eigenvalue weighted by molar-refractivity contribution is 5.24. The summed E-state index contributed by atoms with van der Waals surface area (Å²) in [7, 11) is 2.01. The summed E-state index contributed by atoms with van der Waals surface area (Å²) < 4.78 is 0. The molecule has 0 amide bonds. The fourth-order valence-electron chi connectivity index (χ4n) is 1.66. The average Bonchev–Trinajstić information content (AvgIpc) is 2.19. The maximum Gasteiger partial charge on any atom is 0.00468 e. The van der Waals surface area contributed by atoms with Gasteiger partial charge in [-0.05, 0) is 19.0 Å². The van der Waals surface area contributed by atoms with Crippen molar-refractivity contribution in [3.63, 3.8) is 0 Å². The Morgan fingerprint density at radius 1 is 1.23 bits per heavy atom. The van der Waals surface area contributed by atoms with Gasteiger partial charge < -0.3 is 5.32 Å². The minimum atomic E-state index is 0.274. The van der Waals surface area contributed by atoms with Crippen molar-refractivity contribution >= 4 is 0 Å². The second-order valence-corrected chi connectivity index (χ2v) is 3.81. The zero-order valence-electron chi connectivity index (χ0n) is 8.80. The third-order valence-electron chi connectivity index (χ3n) is 2.82. The maximum atomic E-state index is 3.26. The molecule has 0 radical (unpaired) electrons. The first-order chi connectivity index (χ1) is 6.23. The second-order valence-electron chi connectivity index (χ2n) is 3.81. The Balaban J connectivity index is 2.89. The third-order valence-corrected chi connectivity index (χ3v) is 2.82. The predicted octanol–water partition coefficient (Wildman–Crippen LogP) is 2.57. The quantitative estimate of drug-likeness (QED) is 0.745. The molecule has 0 bridgehead atoms. The van der Waals surface area contributed by atoms with Crippen molar-refractivity contribution < 1.29 is 0 Å². The normalized spacial score (nSPS) is 15.3. The van der Waals surface area contributed by atoms with Crippen LogP contribution in [-0.2, 0) is 5.41 Å². The Hall–Kier alpha value is -0.820. The van der Waals surface area contributed by atoms with E-state index in [-0.39, 0.29) is 5.41 Å². The number of nitrogens with one attached hydrogen (secondary N) is 1. The molecule has 0 saturated heterocycles. The molecule has 0 aliphatic rings. The summed E-state index contributed by atoms with van der Waals surface area (Å²) in [5.74, 6) is 0. The van der Waals surface area contributed by atoms with Gasteiger partial charge in [-0.3, -0.25) is 0 Å². The van der Waals surface area contributed by atoms with Crippen LogP contribution in [-0.4, -0.2) is 13.6 Å². The van der Waals surface area contributed by atoms with Crippen LogP contribution < -0.4 is 5.32 Å². The van der Waals surface area contributed by atoms with Gasteiger partial charge in [0.2, 0.25) is 0 Å². The van der Waals surface area contributed by atoms with E-state index in [0.717, 1.165) is 13.0 Å². The lowest BCUT2D eigenvalue weighted by Crippen LogP contribution is -2.33. The Morgan fingerprint density at radius 3 is 2.31 bits per heavy atom. The van der Waals surface area contributed by atoms with Gasteiger partial charge in [0.1, 0.15) is 0 Å². The third kappa shape index (κ3) is 2.31. The number of benzene rings is 1. The predicted molar refractivity (Wildman–Crippen MR) is 58.0 cm³/mol. The highest BCUT2D eigenvalue weighted by Gasteiger charge is 2.22. The minimum Gasteiger partial charge on any atom is -0.319 e. The zero-order valence-corrected chi connectivity index (χ0v) is 8.80. The van der Waals surface area contributed by atoms with Crippen LogP contribution >= 0.6 is 0 Å². The van der Waals surface area contributed by atoms with Gasteiger partial charge in [-0.25, -0.2) is 0 Å². The lowest BCUT2D eigenvalue weighted by atomic mass is 9.80. The second kappa shape index (κ2) is 4.43. The van der Waals surface area contributed by atoms with Gasteiger partial charge in [0, 0.05) is 12.0 Å². The topological polar surface area (TPSA) is 12.0 Å². The molecule has 1 aromatic rings. The molecule has 0 fully saturated rings. The molecule has 1 heteroatoms. The number of rotatable bonds is 4. The van der Waals surface area contributed by atoms with Crippen LogP contribution in [0.25, 0.3) is 0 Å². The van der Waals surface area contributed by atoms with Gasteiger partial charge in [-0.1, -0.05) is 44.2 Å². The Morgan fingerprint density at radius 2 is 1.85 bits per heavy atom. The Bertz CT molecular complexity index is 243. The van der Waals surface area contributed by atoms with Crippen molar-refractivity contribution in [3.8, 4) is 0 Å². The minimum absolute atomic E-state index is 0.274. The highest BCUT2D eigenvalue weighted by Crippen LogP contribution is 2.25. The van der Waals surface area contributed by atoms with Gasteiger partial charge in [-0.15, -0.1) is 0 Å². The largest absolute Gasteiger partial charge is 0.319 e. The van der Waals surface area contributed by atoms with Gasteiger partial charge in [0.15, 0.2) is 0 Å². The summed E-state index contributed by atoms with van der Waals surface area (Å²) in [5.41, 5.74) is 1.70. The summed E-state index contributed by atoms with van der Waals surface area (Å²) in [6, 6.07) is 10.7. The first-order valence-electron chi connectivity index (χ1n) is 4.93. The molecule has 1 unspecified atom stereocenters. The van der Waals surface area contributed by atoms with Crippen molar-refractivity contribution in [1.29, 1.82) is 0 Å². The van der Waals surface area contributed by atoms with Crippen LogP contribution in [0.3, 0.4) is 0 Å². The van der Waals surface area contributed by atoms with Crippen LogP contribution in [0.2, 0.25) is 0 Å². The lowest BCUT2D eigenvalue weighted by Gasteiger charge is -2.28. The smallest absolute Gasteiger partial charge is 0.00468 e. The molecule has 1 rings (SSSR count). The molecule has 1 N–H and O–H groups in total. The molecule has 0 saturated carbocycles. The van der Waals surface area contributed by atoms with Crippen molar-refractivity contribution in [2.75, 3.05) is 13.6 Å². The van der Waals surface area contributed by atoms with Gasteiger partial charge in [0.05, 0.1) is 0 Å². The van der Waals surface area contributed by atoms with Gasteiger partial charge in [0.25, 0.3) is 0 Å². The first kappa shape index (κ1) is 10.3. The van der Waals surface area contributed by atoms with Crippen molar-refractivity contribution in [2.45, 2.75) is 25.7 Å². The maximum absolute atomic E-state index is 3.26. The molecule has 0 spiro atoms. The number of hydrogen-bond acceptors (Lipinski definition) is 1. The van der Waals surface area contributed by atoms with E-state index in [1.807, 2.05) is 7.05 Å². The van der Waals surface area contributed by atoms with Crippen LogP contribution in [0.15, 0.2) is 30.3 Å². The summed E-state index contributed by atoms with van der Waals surface area (Å²) >= 11 is 0. The van der Waals surface area contributed by atoms with Gasteiger partial charge >= 0.3 is 0 Å².